The summed E-state index contributed by atoms with van der Waals surface area (Å²) in [6, 6.07) is 3.87. The number of nitrogen functional groups attached to an aromatic ring is 2. The number of benzene rings is 1. The van der Waals surface area contributed by atoms with Gasteiger partial charge in [-0.25, -0.2) is 4.98 Å². The molecule has 0 amide bonds. The van der Waals surface area contributed by atoms with Gasteiger partial charge < -0.3 is 16.4 Å². The van der Waals surface area contributed by atoms with Crippen molar-refractivity contribution < 1.29 is 0 Å². The third-order valence-electron chi connectivity index (χ3n) is 2.04. The van der Waals surface area contributed by atoms with Gasteiger partial charge in [0.25, 0.3) is 0 Å². The first-order valence-corrected chi connectivity index (χ1v) is 5.02. The first-order valence-electron chi connectivity index (χ1n) is 4.21. The van der Waals surface area contributed by atoms with E-state index in [9.17, 15) is 0 Å². The number of nitrogens with zero attached hydrogens (tertiary/aromatic N) is 2. The van der Waals surface area contributed by atoms with E-state index in [1.165, 1.54) is 11.3 Å². The molecule has 4 nitrogen and oxygen atoms in total. The van der Waals surface area contributed by atoms with Gasteiger partial charge in [0.2, 0.25) is 0 Å². The molecule has 74 valence electrons. The van der Waals surface area contributed by atoms with E-state index < -0.39 is 0 Å². The lowest BCUT2D eigenvalue weighted by Gasteiger charge is -2.14. The third kappa shape index (κ3) is 1.35. The minimum absolute atomic E-state index is 0.579. The standard InChI is InChI=1S/C9H12N4S/c1-13(2)7-4-8-6(3-5(7)10)12-9(11)14-8/h3-4H,10H2,1-2H3,(H2,11,12). The van der Waals surface area contributed by atoms with Gasteiger partial charge >= 0.3 is 0 Å². The molecule has 0 fully saturated rings. The molecule has 0 aliphatic heterocycles. The topological polar surface area (TPSA) is 68.2 Å². The normalized spacial score (nSPS) is 10.7. The predicted molar refractivity (Wildman–Crippen MR) is 62.8 cm³/mol. The van der Waals surface area contributed by atoms with Crippen LogP contribution in [0.1, 0.15) is 0 Å². The van der Waals surface area contributed by atoms with Crippen molar-refractivity contribution in [2.24, 2.45) is 0 Å². The van der Waals surface area contributed by atoms with Gasteiger partial charge in [-0.05, 0) is 12.1 Å². The maximum atomic E-state index is 5.88. The first-order chi connectivity index (χ1) is 6.58. The number of thiazole rings is 1. The Morgan fingerprint density at radius 2 is 2.00 bits per heavy atom. The molecule has 2 aromatic rings. The summed E-state index contributed by atoms with van der Waals surface area (Å²) >= 11 is 1.48. The van der Waals surface area contributed by atoms with Crippen LogP contribution in [0, 0.1) is 0 Å². The largest absolute Gasteiger partial charge is 0.397 e. The second kappa shape index (κ2) is 3.02. The monoisotopic (exact) mass is 208 g/mol. The molecule has 4 N–H and O–H groups in total. The van der Waals surface area contributed by atoms with Crippen molar-refractivity contribution in [2.45, 2.75) is 0 Å². The Morgan fingerprint density at radius 3 is 2.64 bits per heavy atom. The summed E-state index contributed by atoms with van der Waals surface area (Å²) in [6.45, 7) is 0. The summed E-state index contributed by atoms with van der Waals surface area (Å²) in [5, 5.41) is 0.579. The molecule has 0 saturated heterocycles. The minimum Gasteiger partial charge on any atom is -0.397 e. The molecule has 0 aliphatic carbocycles. The van der Waals surface area contributed by atoms with Crippen LogP contribution in [0.2, 0.25) is 0 Å². The predicted octanol–water partition coefficient (Wildman–Crippen LogP) is 1.53. The highest BCUT2D eigenvalue weighted by atomic mass is 32.1. The van der Waals surface area contributed by atoms with Gasteiger partial charge in [0.05, 0.1) is 21.6 Å². The summed E-state index contributed by atoms with van der Waals surface area (Å²) in [5.41, 5.74) is 14.1. The average molecular weight is 208 g/mol. The van der Waals surface area contributed by atoms with E-state index >= 15 is 0 Å². The van der Waals surface area contributed by atoms with Gasteiger partial charge in [0.15, 0.2) is 5.13 Å². The summed E-state index contributed by atoms with van der Waals surface area (Å²) in [7, 11) is 3.92. The second-order valence-electron chi connectivity index (χ2n) is 3.33. The van der Waals surface area contributed by atoms with E-state index in [0.29, 0.717) is 5.13 Å². The fourth-order valence-corrected chi connectivity index (χ4v) is 2.13. The number of rotatable bonds is 1. The van der Waals surface area contributed by atoms with Gasteiger partial charge in [0, 0.05) is 14.1 Å². The number of fused-ring (bicyclic) bond motifs is 1. The van der Waals surface area contributed by atoms with Gasteiger partial charge in [0.1, 0.15) is 0 Å². The van der Waals surface area contributed by atoms with Crippen LogP contribution in [0.25, 0.3) is 10.2 Å². The van der Waals surface area contributed by atoms with E-state index in [0.717, 1.165) is 21.6 Å². The Bertz CT molecular complexity index is 475. The zero-order chi connectivity index (χ0) is 10.3. The molecule has 0 bridgehead atoms. The molecular weight excluding hydrogens is 196 g/mol. The van der Waals surface area contributed by atoms with Gasteiger partial charge in [-0.1, -0.05) is 11.3 Å². The molecule has 0 atom stereocenters. The quantitative estimate of drug-likeness (QED) is 0.697. The van der Waals surface area contributed by atoms with Crippen LogP contribution in [0.4, 0.5) is 16.5 Å². The van der Waals surface area contributed by atoms with E-state index in [2.05, 4.69) is 4.98 Å². The van der Waals surface area contributed by atoms with Gasteiger partial charge in [-0.2, -0.15) is 0 Å². The lowest BCUT2D eigenvalue weighted by Crippen LogP contribution is -2.10. The van der Waals surface area contributed by atoms with Gasteiger partial charge in [-0.3, -0.25) is 0 Å². The lowest BCUT2D eigenvalue weighted by molar-refractivity contribution is 1.14. The Morgan fingerprint density at radius 1 is 1.29 bits per heavy atom. The molecule has 1 heterocycles. The maximum Gasteiger partial charge on any atom is 0.181 e. The maximum absolute atomic E-state index is 5.88. The van der Waals surface area contributed by atoms with Crippen molar-refractivity contribution in [3.05, 3.63) is 12.1 Å². The number of anilines is 3. The highest BCUT2D eigenvalue weighted by Crippen LogP contribution is 2.31. The Labute approximate surface area is 86.1 Å². The van der Waals surface area contributed by atoms with Crippen LogP contribution < -0.4 is 16.4 Å². The molecule has 0 radical (unpaired) electrons. The SMILES string of the molecule is CN(C)c1cc2sc(N)nc2cc1N. The zero-order valence-corrected chi connectivity index (χ0v) is 8.93. The van der Waals surface area contributed by atoms with E-state index in [1.54, 1.807) is 0 Å². The summed E-state index contributed by atoms with van der Waals surface area (Å²) in [4.78, 5) is 6.15. The summed E-state index contributed by atoms with van der Waals surface area (Å²) < 4.78 is 1.07. The van der Waals surface area contributed by atoms with Crippen molar-refractivity contribution in [1.29, 1.82) is 0 Å². The van der Waals surface area contributed by atoms with Crippen molar-refractivity contribution in [1.82, 2.24) is 4.98 Å². The van der Waals surface area contributed by atoms with E-state index in [1.807, 2.05) is 31.1 Å². The number of aromatic nitrogens is 1. The molecule has 1 aromatic carbocycles. The van der Waals surface area contributed by atoms with Crippen molar-refractivity contribution >= 4 is 38.1 Å². The fraction of sp³-hybridized carbons (Fsp3) is 0.222. The fourth-order valence-electron chi connectivity index (χ4n) is 1.38. The Hall–Kier alpha value is -1.49. The number of hydrogen-bond donors (Lipinski definition) is 2. The Balaban J connectivity index is 2.70. The zero-order valence-electron chi connectivity index (χ0n) is 8.11. The van der Waals surface area contributed by atoms with Crippen LogP contribution >= 0.6 is 11.3 Å². The molecule has 0 unspecified atom stereocenters. The Kier molecular flexibility index (Phi) is 1.96. The van der Waals surface area contributed by atoms with Crippen molar-refractivity contribution in [2.75, 3.05) is 30.5 Å². The lowest BCUT2D eigenvalue weighted by atomic mass is 10.2. The second-order valence-corrected chi connectivity index (χ2v) is 4.39. The van der Waals surface area contributed by atoms with Crippen LogP contribution in [-0.4, -0.2) is 19.1 Å². The number of hydrogen-bond acceptors (Lipinski definition) is 5. The van der Waals surface area contributed by atoms with Crippen LogP contribution in [0.15, 0.2) is 12.1 Å². The van der Waals surface area contributed by atoms with Crippen molar-refractivity contribution in [3.63, 3.8) is 0 Å². The highest BCUT2D eigenvalue weighted by molar-refractivity contribution is 7.22. The molecule has 0 saturated carbocycles. The summed E-state index contributed by atoms with van der Waals surface area (Å²) in [6.07, 6.45) is 0. The third-order valence-corrected chi connectivity index (χ3v) is 2.88. The smallest absolute Gasteiger partial charge is 0.181 e. The highest BCUT2D eigenvalue weighted by Gasteiger charge is 2.07. The van der Waals surface area contributed by atoms with Crippen LogP contribution in [0.3, 0.4) is 0 Å². The molecule has 2 rings (SSSR count). The average Bonchev–Trinajstić information content (AvgIpc) is 2.42. The molecule has 1 aromatic heterocycles. The minimum atomic E-state index is 0.579. The first kappa shape index (κ1) is 9.08. The van der Waals surface area contributed by atoms with Crippen molar-refractivity contribution in [3.8, 4) is 0 Å². The van der Waals surface area contributed by atoms with Crippen LogP contribution in [-0.2, 0) is 0 Å². The van der Waals surface area contributed by atoms with Crippen LogP contribution in [0.5, 0.6) is 0 Å². The van der Waals surface area contributed by atoms with Gasteiger partial charge in [-0.15, -0.1) is 0 Å². The molecule has 0 spiro atoms. The molecule has 5 heteroatoms. The molecular formula is C9H12N4S. The molecule has 0 aliphatic rings. The van der Waals surface area contributed by atoms with E-state index in [-0.39, 0.29) is 0 Å². The number of nitrogens with two attached hydrogens (primary N) is 2. The molecule has 14 heavy (non-hydrogen) atoms. The summed E-state index contributed by atoms with van der Waals surface area (Å²) in [5.74, 6) is 0. The van der Waals surface area contributed by atoms with E-state index in [4.69, 9.17) is 11.5 Å².